The van der Waals surface area contributed by atoms with Gasteiger partial charge in [-0.15, -0.1) is 0 Å². The van der Waals surface area contributed by atoms with Crippen molar-refractivity contribution in [3.8, 4) is 0 Å². The lowest BCUT2D eigenvalue weighted by atomic mass is 10.2. The number of benzene rings is 1. The second-order valence-corrected chi connectivity index (χ2v) is 6.78. The van der Waals surface area contributed by atoms with Crippen LogP contribution in [0.5, 0.6) is 0 Å². The van der Waals surface area contributed by atoms with E-state index in [9.17, 15) is 8.42 Å². The summed E-state index contributed by atoms with van der Waals surface area (Å²) >= 11 is 3.21. The fourth-order valence-electron chi connectivity index (χ4n) is 1.68. The standard InChI is InChI=1S/C12H14BrN3O3S/c1-16-10(4-5-14-16)7-15-20(18,19)12-3-2-9(8-17)6-11(12)13/h2-6,15,17H,7-8H2,1H3. The Balaban J connectivity index is 2.20. The second-order valence-electron chi connectivity index (χ2n) is 4.19. The highest BCUT2D eigenvalue weighted by atomic mass is 79.9. The van der Waals surface area contributed by atoms with E-state index in [0.29, 0.717) is 10.0 Å². The first-order chi connectivity index (χ1) is 9.44. The van der Waals surface area contributed by atoms with Crippen LogP contribution in [0.1, 0.15) is 11.3 Å². The van der Waals surface area contributed by atoms with Crippen LogP contribution in [0, 0.1) is 0 Å². The number of halogens is 1. The predicted molar refractivity (Wildman–Crippen MR) is 77.3 cm³/mol. The van der Waals surface area contributed by atoms with Crippen molar-refractivity contribution in [3.63, 3.8) is 0 Å². The summed E-state index contributed by atoms with van der Waals surface area (Å²) in [7, 11) is -1.88. The Morgan fingerprint density at radius 3 is 2.70 bits per heavy atom. The van der Waals surface area contributed by atoms with Crippen LogP contribution in [0.3, 0.4) is 0 Å². The van der Waals surface area contributed by atoms with Gasteiger partial charge in [0.25, 0.3) is 0 Å². The summed E-state index contributed by atoms with van der Waals surface area (Å²) in [5.41, 5.74) is 1.40. The molecule has 0 aliphatic heterocycles. The maximum atomic E-state index is 12.2. The van der Waals surface area contributed by atoms with Crippen LogP contribution in [0.25, 0.3) is 0 Å². The zero-order valence-electron chi connectivity index (χ0n) is 10.7. The molecule has 0 fully saturated rings. The highest BCUT2D eigenvalue weighted by Gasteiger charge is 2.18. The van der Waals surface area contributed by atoms with Gasteiger partial charge < -0.3 is 5.11 Å². The molecule has 0 spiro atoms. The van der Waals surface area contributed by atoms with Gasteiger partial charge in [-0.1, -0.05) is 6.07 Å². The molecule has 8 heteroatoms. The minimum atomic E-state index is -3.63. The average molecular weight is 360 g/mol. The van der Waals surface area contributed by atoms with Crippen LogP contribution in [-0.4, -0.2) is 23.3 Å². The van der Waals surface area contributed by atoms with E-state index in [1.165, 1.54) is 6.07 Å². The molecule has 2 N–H and O–H groups in total. The number of hydrogen-bond donors (Lipinski definition) is 2. The van der Waals surface area contributed by atoms with Crippen LogP contribution in [0.15, 0.2) is 39.8 Å². The van der Waals surface area contributed by atoms with Crippen molar-refractivity contribution in [2.45, 2.75) is 18.0 Å². The molecule has 0 saturated carbocycles. The smallest absolute Gasteiger partial charge is 0.242 e. The van der Waals surface area contributed by atoms with E-state index in [0.717, 1.165) is 5.69 Å². The van der Waals surface area contributed by atoms with E-state index < -0.39 is 10.0 Å². The number of aromatic nitrogens is 2. The number of hydrogen-bond acceptors (Lipinski definition) is 4. The zero-order chi connectivity index (χ0) is 14.8. The number of aryl methyl sites for hydroxylation is 1. The third-order valence-electron chi connectivity index (χ3n) is 2.83. The van der Waals surface area contributed by atoms with Gasteiger partial charge in [-0.25, -0.2) is 13.1 Å². The molecule has 0 amide bonds. The minimum Gasteiger partial charge on any atom is -0.392 e. The van der Waals surface area contributed by atoms with E-state index >= 15 is 0 Å². The molecule has 20 heavy (non-hydrogen) atoms. The number of aliphatic hydroxyl groups is 1. The Morgan fingerprint density at radius 1 is 1.40 bits per heavy atom. The van der Waals surface area contributed by atoms with Gasteiger partial charge in [-0.2, -0.15) is 5.10 Å². The van der Waals surface area contributed by atoms with Gasteiger partial charge in [0.05, 0.1) is 23.7 Å². The van der Waals surface area contributed by atoms with Crippen molar-refractivity contribution < 1.29 is 13.5 Å². The summed E-state index contributed by atoms with van der Waals surface area (Å²) in [5.74, 6) is 0. The quantitative estimate of drug-likeness (QED) is 0.838. The molecular weight excluding hydrogens is 346 g/mol. The molecule has 1 aromatic carbocycles. The van der Waals surface area contributed by atoms with Crippen molar-refractivity contribution in [1.82, 2.24) is 14.5 Å². The number of aliphatic hydroxyl groups excluding tert-OH is 1. The summed E-state index contributed by atoms with van der Waals surface area (Å²) in [5, 5.41) is 13.0. The summed E-state index contributed by atoms with van der Waals surface area (Å²) in [4.78, 5) is 0.136. The number of nitrogens with zero attached hydrogens (tertiary/aromatic N) is 2. The predicted octanol–water partition coefficient (Wildman–Crippen LogP) is 1.15. The molecule has 0 radical (unpaired) electrons. The second kappa shape index (κ2) is 6.04. The molecule has 2 aromatic rings. The van der Waals surface area contributed by atoms with E-state index in [2.05, 4.69) is 25.8 Å². The Labute approximate surface area is 125 Å². The van der Waals surface area contributed by atoms with Gasteiger partial charge in [0.15, 0.2) is 0 Å². The third-order valence-corrected chi connectivity index (χ3v) is 5.21. The lowest BCUT2D eigenvalue weighted by Gasteiger charge is -2.09. The molecule has 6 nitrogen and oxygen atoms in total. The lowest BCUT2D eigenvalue weighted by molar-refractivity contribution is 0.281. The fraction of sp³-hybridized carbons (Fsp3) is 0.250. The van der Waals surface area contributed by atoms with E-state index in [1.54, 1.807) is 36.1 Å². The summed E-state index contributed by atoms with van der Waals surface area (Å²) < 4.78 is 29.0. The molecule has 108 valence electrons. The summed E-state index contributed by atoms with van der Waals surface area (Å²) in [6.07, 6.45) is 1.61. The van der Waals surface area contributed by atoms with Crippen LogP contribution >= 0.6 is 15.9 Å². The minimum absolute atomic E-state index is 0.136. The maximum Gasteiger partial charge on any atom is 0.242 e. The van der Waals surface area contributed by atoms with Crippen molar-refractivity contribution in [3.05, 3.63) is 46.2 Å². The van der Waals surface area contributed by atoms with Crippen molar-refractivity contribution in [2.24, 2.45) is 7.05 Å². The van der Waals surface area contributed by atoms with Crippen LogP contribution in [-0.2, 0) is 30.2 Å². The van der Waals surface area contributed by atoms with E-state index in [1.807, 2.05) is 0 Å². The van der Waals surface area contributed by atoms with Crippen LogP contribution in [0.4, 0.5) is 0 Å². The van der Waals surface area contributed by atoms with Gasteiger partial charge in [-0.05, 0) is 39.7 Å². The first-order valence-corrected chi connectivity index (χ1v) is 8.07. The SMILES string of the molecule is Cn1nccc1CNS(=O)(=O)c1ccc(CO)cc1Br. The Kier molecular flexibility index (Phi) is 4.59. The number of sulfonamides is 1. The van der Waals surface area contributed by atoms with Crippen LogP contribution in [0.2, 0.25) is 0 Å². The topological polar surface area (TPSA) is 84.2 Å². The lowest BCUT2D eigenvalue weighted by Crippen LogP contribution is -2.24. The zero-order valence-corrected chi connectivity index (χ0v) is 13.1. The van der Waals surface area contributed by atoms with Gasteiger partial charge in [0, 0.05) is 17.7 Å². The first kappa shape index (κ1) is 15.2. The van der Waals surface area contributed by atoms with Gasteiger partial charge >= 0.3 is 0 Å². The average Bonchev–Trinajstić information content (AvgIpc) is 2.81. The van der Waals surface area contributed by atoms with Gasteiger partial charge in [0.2, 0.25) is 10.0 Å². The fourth-order valence-corrected chi connectivity index (χ4v) is 3.80. The maximum absolute atomic E-state index is 12.2. The molecule has 2 rings (SSSR count). The van der Waals surface area contributed by atoms with Crippen LogP contribution < -0.4 is 4.72 Å². The normalized spacial score (nSPS) is 11.8. The Bertz CT molecular complexity index is 712. The van der Waals surface area contributed by atoms with Crippen molar-refractivity contribution >= 4 is 26.0 Å². The summed E-state index contributed by atoms with van der Waals surface area (Å²) in [6, 6.07) is 6.36. The van der Waals surface area contributed by atoms with E-state index in [4.69, 9.17) is 5.11 Å². The summed E-state index contributed by atoms with van der Waals surface area (Å²) in [6.45, 7) is 0.0222. The molecule has 0 aliphatic carbocycles. The van der Waals surface area contributed by atoms with Gasteiger partial charge in [-0.3, -0.25) is 4.68 Å². The monoisotopic (exact) mass is 359 g/mol. The Morgan fingerprint density at radius 2 is 2.15 bits per heavy atom. The highest BCUT2D eigenvalue weighted by Crippen LogP contribution is 2.23. The molecule has 0 atom stereocenters. The largest absolute Gasteiger partial charge is 0.392 e. The number of rotatable bonds is 5. The van der Waals surface area contributed by atoms with Crippen molar-refractivity contribution in [2.75, 3.05) is 0 Å². The first-order valence-electron chi connectivity index (χ1n) is 5.80. The highest BCUT2D eigenvalue weighted by molar-refractivity contribution is 9.10. The molecule has 1 heterocycles. The Hall–Kier alpha value is -1.22. The molecular formula is C12H14BrN3O3S. The molecule has 0 unspecified atom stereocenters. The molecule has 0 bridgehead atoms. The van der Waals surface area contributed by atoms with E-state index in [-0.39, 0.29) is 18.0 Å². The number of nitrogens with one attached hydrogen (secondary N) is 1. The van der Waals surface area contributed by atoms with Crippen molar-refractivity contribution in [1.29, 1.82) is 0 Å². The molecule has 1 aromatic heterocycles. The molecule has 0 saturated heterocycles. The van der Waals surface area contributed by atoms with Gasteiger partial charge in [0.1, 0.15) is 0 Å². The third kappa shape index (κ3) is 3.26. The molecule has 0 aliphatic rings.